The van der Waals surface area contributed by atoms with Gasteiger partial charge < -0.3 is 19.1 Å². The van der Waals surface area contributed by atoms with E-state index in [0.717, 1.165) is 50.5 Å². The molecule has 1 aliphatic rings. The maximum absolute atomic E-state index is 6.99. The molecule has 0 saturated carbocycles. The molecule has 0 N–H and O–H groups in total. The van der Waals surface area contributed by atoms with Gasteiger partial charge in [0.25, 0.3) is 0 Å². The molecule has 0 atom stereocenters. The molecule has 6 heteroatoms. The minimum Gasteiger partial charge on any atom is -0.457 e. The number of ether oxygens (including phenoxy) is 1. The van der Waals surface area contributed by atoms with Crippen molar-refractivity contribution in [2.45, 2.75) is 157 Å². The van der Waals surface area contributed by atoms with Gasteiger partial charge in [0, 0.05) is 56.9 Å². The van der Waals surface area contributed by atoms with Gasteiger partial charge in [0.05, 0.1) is 33.4 Å². The Balaban J connectivity index is 1.02. The van der Waals surface area contributed by atoms with Crippen molar-refractivity contribution in [1.82, 2.24) is 14.1 Å². The van der Waals surface area contributed by atoms with Crippen LogP contribution < -0.4 is 14.5 Å². The van der Waals surface area contributed by atoms with Crippen molar-refractivity contribution >= 4 is 66.4 Å². The molecule has 7 aromatic carbocycles. The number of aromatic nitrogens is 3. The number of hydrogen-bond acceptors (Lipinski definition) is 4. The fourth-order valence-corrected chi connectivity index (χ4v) is 11.3. The van der Waals surface area contributed by atoms with Gasteiger partial charge in [-0.2, -0.15) is 0 Å². The third-order valence-corrected chi connectivity index (χ3v) is 16.3. The molecular weight excluding hydrogens is 951 g/mol. The van der Waals surface area contributed by atoms with Crippen molar-refractivity contribution in [3.63, 3.8) is 0 Å². The van der Waals surface area contributed by atoms with E-state index in [1.54, 1.807) is 0 Å². The molecule has 0 saturated heterocycles. The summed E-state index contributed by atoms with van der Waals surface area (Å²) in [6.07, 6.45) is 1.95. The standard InChI is InChI=1S/C72H81N5O/c1-67(2,3)45-22-28-60-57(37-45)58-38-46(68(4,5)6)23-29-61(58)76(60)52-25-31-62-59(42-52)56-27-26-55(43-64(56)77(62)66-40-48(32-33-73-66)70(10,11)12)78-54-21-19-20-51(41-54)74-44-75(65-39-47(69(7,8)9)24-30-63(65)74)53-35-49(71(13,14)15)34-50(36-53)72(16,17)18/h19-43H,44H2,1-18H3. The zero-order chi connectivity index (χ0) is 55.8. The van der Waals surface area contributed by atoms with E-state index in [1.807, 2.05) is 6.20 Å². The van der Waals surface area contributed by atoms with Gasteiger partial charge in [0.2, 0.25) is 0 Å². The number of rotatable bonds is 6. The average molecular weight is 1030 g/mol. The van der Waals surface area contributed by atoms with Crippen LogP contribution in [0.25, 0.3) is 55.1 Å². The van der Waals surface area contributed by atoms with Crippen LogP contribution in [-0.4, -0.2) is 20.8 Å². The molecule has 78 heavy (non-hydrogen) atoms. The third kappa shape index (κ3) is 9.53. The van der Waals surface area contributed by atoms with E-state index in [4.69, 9.17) is 9.72 Å². The molecule has 0 bridgehead atoms. The number of fused-ring (bicyclic) bond motifs is 7. The Kier molecular flexibility index (Phi) is 12.3. The lowest BCUT2D eigenvalue weighted by atomic mass is 9.80. The molecule has 0 spiro atoms. The van der Waals surface area contributed by atoms with Gasteiger partial charge in [-0.15, -0.1) is 0 Å². The molecule has 6 nitrogen and oxygen atoms in total. The molecule has 400 valence electrons. The Labute approximate surface area is 464 Å². The van der Waals surface area contributed by atoms with Gasteiger partial charge in [0.15, 0.2) is 0 Å². The van der Waals surface area contributed by atoms with Gasteiger partial charge >= 0.3 is 0 Å². The van der Waals surface area contributed by atoms with Crippen LogP contribution in [0.15, 0.2) is 152 Å². The normalized spacial score (nSPS) is 13.9. The van der Waals surface area contributed by atoms with Crippen molar-refractivity contribution < 1.29 is 4.74 Å². The second-order valence-corrected chi connectivity index (χ2v) is 28.5. The van der Waals surface area contributed by atoms with E-state index in [0.29, 0.717) is 6.67 Å². The summed E-state index contributed by atoms with van der Waals surface area (Å²) in [6.45, 7) is 42.1. The zero-order valence-corrected chi connectivity index (χ0v) is 49.8. The van der Waals surface area contributed by atoms with E-state index in [1.165, 1.54) is 72.2 Å². The first kappa shape index (κ1) is 52.7. The summed E-state index contributed by atoms with van der Waals surface area (Å²) < 4.78 is 11.8. The zero-order valence-electron chi connectivity index (χ0n) is 49.8. The second-order valence-electron chi connectivity index (χ2n) is 28.5. The SMILES string of the molecule is CC(C)(C)c1cc(N2CN(c3cccc(Oc4ccc5c6cc(-n7c8ccc(C(C)(C)C)cc8c8cc(C(C)(C)C)ccc87)ccc6n(-c6cc(C(C)(C)C)ccn6)c5c4)c3)c3ccc(C(C)(C)C)cc32)cc(C(C)(C)C)c1. The largest absolute Gasteiger partial charge is 0.457 e. The lowest BCUT2D eigenvalue weighted by Crippen LogP contribution is -2.25. The van der Waals surface area contributed by atoms with Crippen LogP contribution >= 0.6 is 0 Å². The number of hydrogen-bond donors (Lipinski definition) is 0. The van der Waals surface area contributed by atoms with Crippen LogP contribution in [0.5, 0.6) is 11.5 Å². The molecule has 0 unspecified atom stereocenters. The molecule has 4 heterocycles. The highest BCUT2D eigenvalue weighted by Gasteiger charge is 2.33. The predicted octanol–water partition coefficient (Wildman–Crippen LogP) is 20.1. The van der Waals surface area contributed by atoms with Crippen LogP contribution in [0.1, 0.15) is 158 Å². The first-order chi connectivity index (χ1) is 36.4. The maximum atomic E-state index is 6.99. The van der Waals surface area contributed by atoms with Gasteiger partial charge in [0.1, 0.15) is 24.0 Å². The fraction of sp³-hybridized carbons (Fsp3) is 0.347. The Morgan fingerprint density at radius 2 is 0.833 bits per heavy atom. The summed E-state index contributed by atoms with van der Waals surface area (Å²) in [5, 5.41) is 4.85. The summed E-state index contributed by atoms with van der Waals surface area (Å²) in [6, 6.07) is 54.9. The minimum atomic E-state index is -0.0627. The van der Waals surface area contributed by atoms with E-state index < -0.39 is 0 Å². The van der Waals surface area contributed by atoms with Gasteiger partial charge in [-0.1, -0.05) is 155 Å². The van der Waals surface area contributed by atoms with E-state index in [9.17, 15) is 0 Å². The van der Waals surface area contributed by atoms with Crippen molar-refractivity contribution in [2.24, 2.45) is 0 Å². The first-order valence-corrected chi connectivity index (χ1v) is 28.2. The summed E-state index contributed by atoms with van der Waals surface area (Å²) in [5.41, 5.74) is 18.2. The van der Waals surface area contributed by atoms with E-state index in [-0.39, 0.29) is 32.5 Å². The van der Waals surface area contributed by atoms with Crippen molar-refractivity contribution in [2.75, 3.05) is 16.5 Å². The highest BCUT2D eigenvalue weighted by Crippen LogP contribution is 2.49. The molecule has 0 aliphatic carbocycles. The molecule has 1 aliphatic heterocycles. The van der Waals surface area contributed by atoms with Crippen LogP contribution in [0, 0.1) is 0 Å². The van der Waals surface area contributed by atoms with E-state index >= 15 is 0 Å². The van der Waals surface area contributed by atoms with Crippen LogP contribution in [0.4, 0.5) is 22.7 Å². The smallest absolute Gasteiger partial charge is 0.137 e. The lowest BCUT2D eigenvalue weighted by Gasteiger charge is -2.29. The Bertz CT molecular complexity index is 3890. The van der Waals surface area contributed by atoms with Gasteiger partial charge in [-0.05, 0) is 169 Å². The first-order valence-electron chi connectivity index (χ1n) is 28.2. The topological polar surface area (TPSA) is 38.5 Å². The summed E-state index contributed by atoms with van der Waals surface area (Å²) in [7, 11) is 0. The number of benzene rings is 7. The minimum absolute atomic E-state index is 0.00782. The number of nitrogens with zero attached hydrogens (tertiary/aromatic N) is 5. The molecule has 3 aromatic heterocycles. The molecule has 0 amide bonds. The molecular formula is C72H81N5O. The quantitative estimate of drug-likeness (QED) is 0.166. The van der Waals surface area contributed by atoms with Crippen molar-refractivity contribution in [1.29, 1.82) is 0 Å². The Morgan fingerprint density at radius 1 is 0.333 bits per heavy atom. The maximum Gasteiger partial charge on any atom is 0.137 e. The highest BCUT2D eigenvalue weighted by molar-refractivity contribution is 6.12. The number of pyridine rings is 1. The van der Waals surface area contributed by atoms with Gasteiger partial charge in [-0.3, -0.25) is 4.57 Å². The van der Waals surface area contributed by atoms with Crippen molar-refractivity contribution in [3.05, 3.63) is 185 Å². The third-order valence-electron chi connectivity index (χ3n) is 16.3. The molecule has 0 radical (unpaired) electrons. The predicted molar refractivity (Wildman–Crippen MR) is 334 cm³/mol. The Morgan fingerprint density at radius 3 is 1.42 bits per heavy atom. The molecule has 10 aromatic rings. The van der Waals surface area contributed by atoms with Crippen molar-refractivity contribution in [3.8, 4) is 23.0 Å². The highest BCUT2D eigenvalue weighted by atomic mass is 16.5. The Hall–Kier alpha value is -7.31. The van der Waals surface area contributed by atoms with Crippen LogP contribution in [0.2, 0.25) is 0 Å². The monoisotopic (exact) mass is 1030 g/mol. The van der Waals surface area contributed by atoms with E-state index in [2.05, 4.69) is 289 Å². The fourth-order valence-electron chi connectivity index (χ4n) is 11.3. The molecule has 11 rings (SSSR count). The summed E-state index contributed by atoms with van der Waals surface area (Å²) in [4.78, 5) is 10.0. The number of anilines is 4. The van der Waals surface area contributed by atoms with Crippen LogP contribution in [-0.2, 0) is 32.5 Å². The van der Waals surface area contributed by atoms with Crippen LogP contribution in [0.3, 0.4) is 0 Å². The second kappa shape index (κ2) is 18.1. The average Bonchev–Trinajstić information content (AvgIpc) is 4.26. The summed E-state index contributed by atoms with van der Waals surface area (Å²) >= 11 is 0. The van der Waals surface area contributed by atoms with Gasteiger partial charge in [-0.25, -0.2) is 4.98 Å². The lowest BCUT2D eigenvalue weighted by molar-refractivity contribution is 0.483. The molecule has 0 fully saturated rings. The summed E-state index contributed by atoms with van der Waals surface area (Å²) in [5.74, 6) is 2.41.